The molecule has 0 spiro atoms. The van der Waals surface area contributed by atoms with E-state index in [0.29, 0.717) is 56.6 Å². The van der Waals surface area contributed by atoms with Gasteiger partial charge in [-0.2, -0.15) is 0 Å². The molecule has 0 saturated carbocycles. The number of aryl methyl sites for hydroxylation is 1. The second-order valence-corrected chi connectivity index (χ2v) is 8.96. The average Bonchev–Trinajstić information content (AvgIpc) is 3.25. The highest BCUT2D eigenvalue weighted by molar-refractivity contribution is 5.43. The topological polar surface area (TPSA) is 78.2 Å². The Bertz CT molecular complexity index is 1120. The van der Waals surface area contributed by atoms with Crippen LogP contribution in [-0.2, 0) is 24.2 Å². The van der Waals surface area contributed by atoms with Gasteiger partial charge < -0.3 is 28.6 Å². The van der Waals surface area contributed by atoms with Crippen LogP contribution in [0.3, 0.4) is 0 Å². The summed E-state index contributed by atoms with van der Waals surface area (Å²) in [6.07, 6.45) is 4.63. The van der Waals surface area contributed by atoms with E-state index in [9.17, 15) is 9.50 Å². The van der Waals surface area contributed by atoms with Crippen LogP contribution in [0.4, 0.5) is 4.39 Å². The van der Waals surface area contributed by atoms with E-state index in [0.717, 1.165) is 17.8 Å². The Morgan fingerprint density at radius 3 is 2.86 bits per heavy atom. The first-order chi connectivity index (χ1) is 17.5. The van der Waals surface area contributed by atoms with Crippen LogP contribution in [0.5, 0.6) is 17.2 Å². The lowest BCUT2D eigenvalue weighted by atomic mass is 10.1. The van der Waals surface area contributed by atoms with Crippen molar-refractivity contribution in [1.29, 1.82) is 0 Å². The molecule has 1 atom stereocenters. The van der Waals surface area contributed by atoms with E-state index in [1.165, 1.54) is 12.1 Å². The lowest BCUT2D eigenvalue weighted by Gasteiger charge is -2.30. The lowest BCUT2D eigenvalue weighted by molar-refractivity contribution is -0.0647. The largest absolute Gasteiger partial charge is 0.493 e. The van der Waals surface area contributed by atoms with Gasteiger partial charge in [-0.3, -0.25) is 4.90 Å². The third kappa shape index (κ3) is 6.96. The zero-order valence-corrected chi connectivity index (χ0v) is 20.9. The number of aromatic nitrogens is 2. The van der Waals surface area contributed by atoms with Gasteiger partial charge in [0.1, 0.15) is 36.2 Å². The van der Waals surface area contributed by atoms with Gasteiger partial charge in [-0.25, -0.2) is 9.37 Å². The number of hydrogen-bond acceptors (Lipinski definition) is 7. The number of aliphatic hydroxyl groups is 1. The van der Waals surface area contributed by atoms with Crippen molar-refractivity contribution in [1.82, 2.24) is 14.5 Å². The number of ether oxygens (including phenoxy) is 4. The van der Waals surface area contributed by atoms with Crippen molar-refractivity contribution in [2.24, 2.45) is 0 Å². The van der Waals surface area contributed by atoms with Crippen LogP contribution in [0, 0.1) is 5.82 Å². The van der Waals surface area contributed by atoms with E-state index in [1.807, 2.05) is 24.4 Å². The quantitative estimate of drug-likeness (QED) is 0.434. The Morgan fingerprint density at radius 1 is 1.17 bits per heavy atom. The third-order valence-corrected chi connectivity index (χ3v) is 6.09. The Balaban J connectivity index is 1.35. The number of nitrogens with zero attached hydrogens (tertiary/aromatic N) is 3. The second kappa shape index (κ2) is 12.2. The van der Waals surface area contributed by atoms with Gasteiger partial charge in [0.05, 0.1) is 26.9 Å². The summed E-state index contributed by atoms with van der Waals surface area (Å²) < 4.78 is 38.4. The van der Waals surface area contributed by atoms with E-state index >= 15 is 0 Å². The fourth-order valence-corrected chi connectivity index (χ4v) is 4.29. The molecule has 36 heavy (non-hydrogen) atoms. The number of imidazole rings is 1. The van der Waals surface area contributed by atoms with Crippen LogP contribution in [0.25, 0.3) is 0 Å². The van der Waals surface area contributed by atoms with Gasteiger partial charge in [0.25, 0.3) is 0 Å². The fraction of sp³-hybridized carbons (Fsp3) is 0.444. The van der Waals surface area contributed by atoms with Crippen LogP contribution in [0.2, 0.25) is 0 Å². The highest BCUT2D eigenvalue weighted by Gasteiger charge is 2.33. The normalized spacial score (nSPS) is 18.6. The van der Waals surface area contributed by atoms with Crippen molar-refractivity contribution < 1.29 is 28.4 Å². The molecule has 0 unspecified atom stereocenters. The number of rotatable bonds is 11. The number of methoxy groups -OCH3 is 1. The first-order valence-electron chi connectivity index (χ1n) is 12.2. The Labute approximate surface area is 211 Å². The highest BCUT2D eigenvalue weighted by Crippen LogP contribution is 2.29. The molecule has 0 radical (unpaired) electrons. The molecule has 1 N–H and O–H groups in total. The summed E-state index contributed by atoms with van der Waals surface area (Å²) in [5.74, 6) is 2.36. The summed E-state index contributed by atoms with van der Waals surface area (Å²) in [6, 6.07) is 11.8. The number of benzene rings is 2. The molecular formula is C27H34FN3O5. The Hall–Kier alpha value is -3.14. The summed E-state index contributed by atoms with van der Waals surface area (Å²) in [4.78, 5) is 6.45. The molecule has 1 fully saturated rings. The zero-order chi connectivity index (χ0) is 25.4. The monoisotopic (exact) mass is 499 g/mol. The maximum Gasteiger partial charge on any atom is 0.161 e. The van der Waals surface area contributed by atoms with Gasteiger partial charge in [-0.1, -0.05) is 19.1 Å². The van der Waals surface area contributed by atoms with Gasteiger partial charge >= 0.3 is 0 Å². The van der Waals surface area contributed by atoms with Crippen molar-refractivity contribution in [3.8, 4) is 17.2 Å². The van der Waals surface area contributed by atoms with Crippen molar-refractivity contribution in [3.63, 3.8) is 0 Å². The first kappa shape index (κ1) is 25.9. The van der Waals surface area contributed by atoms with Crippen molar-refractivity contribution in [2.75, 3.05) is 46.6 Å². The van der Waals surface area contributed by atoms with Crippen LogP contribution in [-0.4, -0.2) is 71.8 Å². The molecule has 2 heterocycles. The molecule has 1 aromatic heterocycles. The summed E-state index contributed by atoms with van der Waals surface area (Å²) >= 11 is 0. The molecule has 1 aliphatic heterocycles. The van der Waals surface area contributed by atoms with Crippen molar-refractivity contribution >= 4 is 0 Å². The van der Waals surface area contributed by atoms with E-state index in [4.69, 9.17) is 18.9 Å². The SMILES string of the molecule is CCc1nccn1CCOc1ccc(CN2CCOC[C@@](O)(COc3cccc(F)c3)C2)cc1OC. The number of hydrogen-bond donors (Lipinski definition) is 1. The molecule has 0 bridgehead atoms. The number of halogens is 1. The predicted molar refractivity (Wildman–Crippen MR) is 133 cm³/mol. The third-order valence-electron chi connectivity index (χ3n) is 6.09. The second-order valence-electron chi connectivity index (χ2n) is 8.96. The van der Waals surface area contributed by atoms with E-state index < -0.39 is 5.60 Å². The minimum absolute atomic E-state index is 0.000285. The van der Waals surface area contributed by atoms with E-state index in [2.05, 4.69) is 21.4 Å². The maximum absolute atomic E-state index is 13.5. The Morgan fingerprint density at radius 2 is 2.06 bits per heavy atom. The molecule has 4 rings (SSSR count). The molecule has 8 nitrogen and oxygen atoms in total. The smallest absolute Gasteiger partial charge is 0.161 e. The fourth-order valence-electron chi connectivity index (χ4n) is 4.29. The van der Waals surface area contributed by atoms with Crippen LogP contribution >= 0.6 is 0 Å². The molecule has 1 aliphatic rings. The van der Waals surface area contributed by atoms with Gasteiger partial charge in [-0.15, -0.1) is 0 Å². The summed E-state index contributed by atoms with van der Waals surface area (Å²) in [7, 11) is 1.62. The minimum atomic E-state index is -1.22. The zero-order valence-electron chi connectivity index (χ0n) is 20.9. The van der Waals surface area contributed by atoms with Crippen LogP contribution in [0.15, 0.2) is 54.9 Å². The molecular weight excluding hydrogens is 465 g/mol. The predicted octanol–water partition coefficient (Wildman–Crippen LogP) is 3.31. The lowest BCUT2D eigenvalue weighted by Crippen LogP contribution is -2.48. The molecule has 194 valence electrons. The molecule has 0 aliphatic carbocycles. The average molecular weight is 500 g/mol. The van der Waals surface area contributed by atoms with Crippen LogP contribution in [0.1, 0.15) is 18.3 Å². The van der Waals surface area contributed by atoms with Gasteiger partial charge in [0.2, 0.25) is 0 Å². The maximum atomic E-state index is 13.5. The van der Waals surface area contributed by atoms with E-state index in [-0.39, 0.29) is 19.0 Å². The van der Waals surface area contributed by atoms with Crippen molar-refractivity contribution in [2.45, 2.75) is 32.0 Å². The standard InChI is InChI=1S/C27H34FN3O5/c1-3-26-29-9-10-31(26)12-14-35-24-8-7-21(15-25(24)33-2)17-30-11-13-34-19-27(32,18-30)20-36-23-6-4-5-22(28)16-23/h4-10,15-16,32H,3,11-14,17-20H2,1-2H3/t27-/m1/s1. The van der Waals surface area contributed by atoms with Gasteiger partial charge in [0, 0.05) is 44.5 Å². The molecule has 3 aromatic rings. The summed E-state index contributed by atoms with van der Waals surface area (Å²) in [5.41, 5.74) is -0.196. The van der Waals surface area contributed by atoms with Gasteiger partial charge in [0.15, 0.2) is 11.5 Å². The van der Waals surface area contributed by atoms with E-state index in [1.54, 1.807) is 25.4 Å². The summed E-state index contributed by atoms with van der Waals surface area (Å²) in [5, 5.41) is 11.2. The Kier molecular flexibility index (Phi) is 8.79. The van der Waals surface area contributed by atoms with Crippen molar-refractivity contribution in [3.05, 3.63) is 72.1 Å². The molecule has 2 aromatic carbocycles. The minimum Gasteiger partial charge on any atom is -0.493 e. The first-order valence-corrected chi connectivity index (χ1v) is 12.2. The van der Waals surface area contributed by atoms with Crippen LogP contribution < -0.4 is 14.2 Å². The molecule has 0 amide bonds. The molecule has 1 saturated heterocycles. The summed E-state index contributed by atoms with van der Waals surface area (Å²) in [6.45, 7) is 5.53. The molecule has 9 heteroatoms. The van der Waals surface area contributed by atoms with Gasteiger partial charge in [-0.05, 0) is 29.8 Å². The highest BCUT2D eigenvalue weighted by atomic mass is 19.1. The number of β-amino-alcohol motifs (C(OH)–C–C–N with tert-alkyl or cyclic N) is 1.